The fourth-order valence-electron chi connectivity index (χ4n) is 1.83. The molecule has 0 saturated carbocycles. The van der Waals surface area contributed by atoms with Crippen LogP contribution in [-0.4, -0.2) is 21.1 Å². The highest BCUT2D eigenvalue weighted by molar-refractivity contribution is 6.12. The van der Waals surface area contributed by atoms with Crippen LogP contribution in [0.1, 0.15) is 22.8 Å². The zero-order chi connectivity index (χ0) is 14.7. The van der Waals surface area contributed by atoms with Gasteiger partial charge in [-0.1, -0.05) is 30.3 Å². The van der Waals surface area contributed by atoms with Gasteiger partial charge >= 0.3 is 0 Å². The zero-order valence-corrected chi connectivity index (χ0v) is 10.9. The molecule has 102 valence electrons. The van der Waals surface area contributed by atoms with Crippen molar-refractivity contribution < 1.29 is 20.1 Å². The largest absolute Gasteiger partial charge is 0.504 e. The summed E-state index contributed by atoms with van der Waals surface area (Å²) in [7, 11) is 0. The fourth-order valence-corrected chi connectivity index (χ4v) is 1.83. The van der Waals surface area contributed by atoms with Crippen molar-refractivity contribution in [3.05, 3.63) is 59.2 Å². The van der Waals surface area contributed by atoms with E-state index in [0.29, 0.717) is 5.57 Å². The Kier molecular flexibility index (Phi) is 3.75. The van der Waals surface area contributed by atoms with Crippen LogP contribution in [0, 0.1) is 0 Å². The van der Waals surface area contributed by atoms with Gasteiger partial charge in [-0.05, 0) is 36.3 Å². The Hall–Kier alpha value is -2.75. The quantitative estimate of drug-likeness (QED) is 0.455. The van der Waals surface area contributed by atoms with Crippen molar-refractivity contribution in [3.63, 3.8) is 0 Å². The highest BCUT2D eigenvalue weighted by Gasteiger charge is 2.18. The molecule has 2 aromatic carbocycles. The van der Waals surface area contributed by atoms with Crippen LogP contribution in [0.5, 0.6) is 17.2 Å². The third-order valence-corrected chi connectivity index (χ3v) is 2.92. The number of hydrogen-bond acceptors (Lipinski definition) is 4. The van der Waals surface area contributed by atoms with Gasteiger partial charge in [0, 0.05) is 0 Å². The molecule has 3 N–H and O–H groups in total. The van der Waals surface area contributed by atoms with Crippen molar-refractivity contribution in [2.45, 2.75) is 6.92 Å². The average Bonchev–Trinajstić information content (AvgIpc) is 2.45. The van der Waals surface area contributed by atoms with Crippen LogP contribution >= 0.6 is 0 Å². The molecule has 0 bridgehead atoms. The van der Waals surface area contributed by atoms with Gasteiger partial charge in [-0.25, -0.2) is 0 Å². The molecule has 0 aliphatic heterocycles. The molecule has 0 aliphatic carbocycles. The molecule has 0 amide bonds. The molecule has 0 aromatic heterocycles. The number of phenolic OH excluding ortho intramolecular Hbond substituents is 3. The molecule has 0 radical (unpaired) electrons. The summed E-state index contributed by atoms with van der Waals surface area (Å²) >= 11 is 0. The number of allylic oxidation sites excluding steroid dienone is 1. The van der Waals surface area contributed by atoms with Gasteiger partial charge in [-0.2, -0.15) is 0 Å². The molecule has 0 heterocycles. The van der Waals surface area contributed by atoms with E-state index in [9.17, 15) is 20.1 Å². The van der Waals surface area contributed by atoms with Crippen molar-refractivity contribution in [2.75, 3.05) is 0 Å². The van der Waals surface area contributed by atoms with Crippen molar-refractivity contribution in [3.8, 4) is 17.2 Å². The first-order valence-electron chi connectivity index (χ1n) is 6.02. The molecule has 4 nitrogen and oxygen atoms in total. The maximum absolute atomic E-state index is 12.2. The van der Waals surface area contributed by atoms with E-state index in [4.69, 9.17) is 0 Å². The molecule has 0 saturated heterocycles. The first-order chi connectivity index (χ1) is 9.50. The molecule has 0 fully saturated rings. The van der Waals surface area contributed by atoms with Crippen LogP contribution in [0.2, 0.25) is 0 Å². The summed E-state index contributed by atoms with van der Waals surface area (Å²) in [6.07, 6.45) is 1.69. The second-order valence-corrected chi connectivity index (χ2v) is 4.40. The maximum atomic E-state index is 12.2. The molecular formula is C16H14O4. The first-order valence-corrected chi connectivity index (χ1v) is 6.02. The summed E-state index contributed by atoms with van der Waals surface area (Å²) in [4.78, 5) is 12.2. The Morgan fingerprint density at radius 3 is 2.25 bits per heavy atom. The number of Topliss-reactive ketones (excluding diaryl/α,β-unsaturated/α-hetero) is 1. The normalized spacial score (nSPS) is 11.3. The minimum atomic E-state index is -0.691. The van der Waals surface area contributed by atoms with Gasteiger partial charge in [0.05, 0.1) is 5.56 Å². The van der Waals surface area contributed by atoms with Crippen molar-refractivity contribution >= 4 is 11.9 Å². The lowest BCUT2D eigenvalue weighted by molar-refractivity contribution is 0.103. The summed E-state index contributed by atoms with van der Waals surface area (Å²) in [5.74, 6) is -2.19. The van der Waals surface area contributed by atoms with Crippen LogP contribution in [0.4, 0.5) is 0 Å². The van der Waals surface area contributed by atoms with E-state index in [2.05, 4.69) is 0 Å². The molecule has 0 spiro atoms. The van der Waals surface area contributed by atoms with Crippen LogP contribution in [0.25, 0.3) is 6.08 Å². The predicted octanol–water partition coefficient (Wildman–Crippen LogP) is 3.09. The van der Waals surface area contributed by atoms with Gasteiger partial charge in [-0.15, -0.1) is 0 Å². The lowest BCUT2D eigenvalue weighted by Crippen LogP contribution is -2.01. The number of carbonyl (C=O) groups excluding carboxylic acids is 1. The molecule has 0 unspecified atom stereocenters. The van der Waals surface area contributed by atoms with E-state index < -0.39 is 23.0 Å². The second-order valence-electron chi connectivity index (χ2n) is 4.40. The van der Waals surface area contributed by atoms with Gasteiger partial charge < -0.3 is 15.3 Å². The highest BCUT2D eigenvalue weighted by Crippen LogP contribution is 2.37. The van der Waals surface area contributed by atoms with Crippen LogP contribution in [0.3, 0.4) is 0 Å². The van der Waals surface area contributed by atoms with Gasteiger partial charge in [0.1, 0.15) is 0 Å². The first kappa shape index (κ1) is 13.7. The number of hydrogen-bond donors (Lipinski definition) is 3. The average molecular weight is 270 g/mol. The SMILES string of the molecule is C/C(=C\c1ccccc1)C(=O)c1ccc(O)c(O)c1O. The summed E-state index contributed by atoms with van der Waals surface area (Å²) in [6, 6.07) is 11.7. The van der Waals surface area contributed by atoms with Crippen LogP contribution in [0.15, 0.2) is 48.0 Å². The van der Waals surface area contributed by atoms with Crippen molar-refractivity contribution in [1.29, 1.82) is 0 Å². The van der Waals surface area contributed by atoms with E-state index >= 15 is 0 Å². The molecule has 2 rings (SSSR count). The van der Waals surface area contributed by atoms with E-state index in [-0.39, 0.29) is 5.56 Å². The minimum Gasteiger partial charge on any atom is -0.504 e. The van der Waals surface area contributed by atoms with Gasteiger partial charge in [0.15, 0.2) is 17.3 Å². The molecule has 20 heavy (non-hydrogen) atoms. The molecule has 0 atom stereocenters. The molecular weight excluding hydrogens is 256 g/mol. The van der Waals surface area contributed by atoms with Crippen LogP contribution in [-0.2, 0) is 0 Å². The van der Waals surface area contributed by atoms with Crippen molar-refractivity contribution in [2.24, 2.45) is 0 Å². The molecule has 0 aliphatic rings. The summed E-state index contributed by atoms with van der Waals surface area (Å²) in [5.41, 5.74) is 1.22. The van der Waals surface area contributed by atoms with Crippen LogP contribution < -0.4 is 0 Å². The number of rotatable bonds is 3. The summed E-state index contributed by atoms with van der Waals surface area (Å²) < 4.78 is 0. The fraction of sp³-hybridized carbons (Fsp3) is 0.0625. The number of phenols is 3. The number of carbonyl (C=O) groups is 1. The van der Waals surface area contributed by atoms with Gasteiger partial charge in [-0.3, -0.25) is 4.79 Å². The predicted molar refractivity (Wildman–Crippen MR) is 75.9 cm³/mol. The third kappa shape index (κ3) is 2.64. The monoisotopic (exact) mass is 270 g/mol. The van der Waals surface area contributed by atoms with Crippen molar-refractivity contribution in [1.82, 2.24) is 0 Å². The lowest BCUT2D eigenvalue weighted by Gasteiger charge is -2.07. The molecule has 2 aromatic rings. The topological polar surface area (TPSA) is 77.8 Å². The Morgan fingerprint density at radius 2 is 1.60 bits per heavy atom. The second kappa shape index (κ2) is 5.48. The smallest absolute Gasteiger partial charge is 0.201 e. The number of ketones is 1. The van der Waals surface area contributed by atoms with Gasteiger partial charge in [0.25, 0.3) is 0 Å². The van der Waals surface area contributed by atoms with E-state index in [1.54, 1.807) is 13.0 Å². The Bertz CT molecular complexity index is 672. The zero-order valence-electron chi connectivity index (χ0n) is 10.9. The standard InChI is InChI=1S/C16H14O4/c1-10(9-11-5-3-2-4-6-11)14(18)12-7-8-13(17)16(20)15(12)19/h2-9,17,19-20H,1H3/b10-9+. The number of benzene rings is 2. The summed E-state index contributed by atoms with van der Waals surface area (Å²) in [5, 5.41) is 28.4. The maximum Gasteiger partial charge on any atom is 0.201 e. The van der Waals surface area contributed by atoms with E-state index in [1.807, 2.05) is 30.3 Å². The summed E-state index contributed by atoms with van der Waals surface area (Å²) in [6.45, 7) is 1.62. The van der Waals surface area contributed by atoms with E-state index in [0.717, 1.165) is 11.6 Å². The lowest BCUT2D eigenvalue weighted by atomic mass is 10.0. The van der Waals surface area contributed by atoms with Gasteiger partial charge in [0.2, 0.25) is 5.75 Å². The third-order valence-electron chi connectivity index (χ3n) is 2.92. The minimum absolute atomic E-state index is 0.0509. The highest BCUT2D eigenvalue weighted by atomic mass is 16.3. The Labute approximate surface area is 116 Å². The number of aromatic hydroxyl groups is 3. The Balaban J connectivity index is 2.37. The molecule has 4 heteroatoms. The Morgan fingerprint density at radius 1 is 0.950 bits per heavy atom. The van der Waals surface area contributed by atoms with E-state index in [1.165, 1.54) is 6.07 Å².